The first-order chi connectivity index (χ1) is 17.7. The molecule has 2 aromatic heterocycles. The molecule has 10 heteroatoms. The maximum atomic E-state index is 11.9. The topological polar surface area (TPSA) is 117 Å². The van der Waals surface area contributed by atoms with E-state index in [4.69, 9.17) is 14.9 Å². The van der Waals surface area contributed by atoms with Crippen molar-refractivity contribution in [3.8, 4) is 6.01 Å². The summed E-state index contributed by atoms with van der Waals surface area (Å²) in [5.74, 6) is 1.22. The van der Waals surface area contributed by atoms with Crippen molar-refractivity contribution in [1.29, 1.82) is 5.41 Å². The molecule has 0 atom stereocenters. The lowest BCUT2D eigenvalue weighted by molar-refractivity contribution is 0.0115. The molecular weight excluding hydrogens is 458 g/mol. The number of aromatic nitrogens is 3. The minimum Gasteiger partial charge on any atom is -0.464 e. The summed E-state index contributed by atoms with van der Waals surface area (Å²) >= 11 is 0. The average molecular weight is 494 g/mol. The molecule has 4 heterocycles. The van der Waals surface area contributed by atoms with Crippen molar-refractivity contribution < 1.29 is 14.3 Å². The highest BCUT2D eigenvalue weighted by atomic mass is 16.5. The van der Waals surface area contributed by atoms with Crippen molar-refractivity contribution in [2.45, 2.75) is 45.1 Å². The number of carbonyl (C=O) groups excluding carboxylic acids is 1. The lowest BCUT2D eigenvalue weighted by atomic mass is 9.79. The second-order valence-corrected chi connectivity index (χ2v) is 9.60. The molecule has 2 aliphatic heterocycles. The molecule has 3 fully saturated rings. The van der Waals surface area contributed by atoms with Crippen LogP contribution >= 0.6 is 0 Å². The van der Waals surface area contributed by atoms with Gasteiger partial charge < -0.3 is 25.1 Å². The molecule has 2 aromatic rings. The zero-order valence-corrected chi connectivity index (χ0v) is 20.9. The van der Waals surface area contributed by atoms with E-state index in [1.54, 1.807) is 12.3 Å². The Kier molecular flexibility index (Phi) is 7.72. The second-order valence-electron chi connectivity index (χ2n) is 9.60. The van der Waals surface area contributed by atoms with Crippen molar-refractivity contribution in [2.75, 3.05) is 56.2 Å². The third-order valence-electron chi connectivity index (χ3n) is 7.44. The number of nitrogens with zero attached hydrogens (tertiary/aromatic N) is 5. The molecule has 2 saturated heterocycles. The van der Waals surface area contributed by atoms with Gasteiger partial charge in [-0.15, -0.1) is 0 Å². The number of ether oxygens (including phenoxy) is 2. The van der Waals surface area contributed by atoms with E-state index in [0.29, 0.717) is 35.7 Å². The molecule has 0 aromatic carbocycles. The SMILES string of the molecule is CCOc1nccc(Nc2nc(C=O)cc(N3CCC(N4CCOCC4)CC3)c2C(=N)C2CCC2)n1. The fourth-order valence-electron chi connectivity index (χ4n) is 5.26. The number of morpholine rings is 1. The van der Waals surface area contributed by atoms with E-state index in [1.807, 2.05) is 13.0 Å². The molecule has 0 bridgehead atoms. The van der Waals surface area contributed by atoms with Crippen molar-refractivity contribution in [2.24, 2.45) is 5.92 Å². The third kappa shape index (κ3) is 5.34. The van der Waals surface area contributed by atoms with Gasteiger partial charge in [0.05, 0.1) is 31.1 Å². The highest BCUT2D eigenvalue weighted by Gasteiger charge is 2.32. The normalized spacial score (nSPS) is 19.5. The number of rotatable bonds is 9. The first-order valence-corrected chi connectivity index (χ1v) is 13.0. The molecule has 0 amide bonds. The van der Waals surface area contributed by atoms with E-state index in [9.17, 15) is 4.79 Å². The van der Waals surface area contributed by atoms with E-state index in [-0.39, 0.29) is 11.9 Å². The zero-order valence-electron chi connectivity index (χ0n) is 20.9. The van der Waals surface area contributed by atoms with Crippen LogP contribution in [0.3, 0.4) is 0 Å². The summed E-state index contributed by atoms with van der Waals surface area (Å²) in [7, 11) is 0. The number of aldehydes is 1. The van der Waals surface area contributed by atoms with Crippen LogP contribution < -0.4 is 15.0 Å². The molecule has 36 heavy (non-hydrogen) atoms. The summed E-state index contributed by atoms with van der Waals surface area (Å²) in [5, 5.41) is 12.4. The predicted octanol–water partition coefficient (Wildman–Crippen LogP) is 3.30. The molecule has 1 saturated carbocycles. The molecule has 0 spiro atoms. The Morgan fingerprint density at radius 3 is 2.64 bits per heavy atom. The van der Waals surface area contributed by atoms with Crippen LogP contribution in [0, 0.1) is 11.3 Å². The smallest absolute Gasteiger partial charge is 0.318 e. The maximum absolute atomic E-state index is 11.9. The van der Waals surface area contributed by atoms with E-state index >= 15 is 0 Å². The van der Waals surface area contributed by atoms with Crippen molar-refractivity contribution in [3.63, 3.8) is 0 Å². The quantitative estimate of drug-likeness (QED) is 0.401. The van der Waals surface area contributed by atoms with Gasteiger partial charge in [0.2, 0.25) is 0 Å². The molecule has 5 rings (SSSR count). The van der Waals surface area contributed by atoms with Gasteiger partial charge in [-0.2, -0.15) is 4.98 Å². The largest absolute Gasteiger partial charge is 0.464 e. The fourth-order valence-corrected chi connectivity index (χ4v) is 5.26. The Hall–Kier alpha value is -3.11. The standard InChI is InChI=1S/C26H35N7O3/c1-2-36-26-28-9-6-22(31-26)30-25-23(24(27)18-4-3-5-18)21(16-19(17-34)29-25)33-10-7-20(8-11-33)32-12-14-35-15-13-32/h6,9,16-18,20,27H,2-5,7-8,10-15H2,1H3,(H,28,29,30,31). The number of hydrogen-bond acceptors (Lipinski definition) is 10. The summed E-state index contributed by atoms with van der Waals surface area (Å²) in [5.41, 5.74) is 2.60. The van der Waals surface area contributed by atoms with Gasteiger partial charge in [0.1, 0.15) is 17.3 Å². The number of anilines is 3. The van der Waals surface area contributed by atoms with E-state index in [2.05, 4.69) is 30.1 Å². The molecule has 0 unspecified atom stereocenters. The van der Waals surface area contributed by atoms with Crippen molar-refractivity contribution in [1.82, 2.24) is 19.9 Å². The Balaban J connectivity index is 1.45. The number of piperidine rings is 1. The summed E-state index contributed by atoms with van der Waals surface area (Å²) in [6.07, 6.45) is 7.64. The van der Waals surface area contributed by atoms with Gasteiger partial charge in [-0.3, -0.25) is 9.69 Å². The van der Waals surface area contributed by atoms with Crippen LogP contribution in [-0.4, -0.2) is 83.9 Å². The predicted molar refractivity (Wildman–Crippen MR) is 138 cm³/mol. The van der Waals surface area contributed by atoms with Gasteiger partial charge in [0.15, 0.2) is 6.29 Å². The molecule has 192 valence electrons. The van der Waals surface area contributed by atoms with Gasteiger partial charge in [0.25, 0.3) is 0 Å². The number of nitrogens with one attached hydrogen (secondary N) is 2. The first-order valence-electron chi connectivity index (χ1n) is 13.0. The van der Waals surface area contributed by atoms with Crippen LogP contribution in [0.4, 0.5) is 17.3 Å². The molecule has 0 radical (unpaired) electrons. The van der Waals surface area contributed by atoms with Crippen LogP contribution in [0.15, 0.2) is 18.3 Å². The zero-order chi connectivity index (χ0) is 24.9. The Labute approximate surface area is 211 Å². The highest BCUT2D eigenvalue weighted by molar-refractivity contribution is 6.09. The summed E-state index contributed by atoms with van der Waals surface area (Å²) < 4.78 is 11.0. The summed E-state index contributed by atoms with van der Waals surface area (Å²) in [6, 6.07) is 4.40. The Morgan fingerprint density at radius 1 is 1.19 bits per heavy atom. The monoisotopic (exact) mass is 493 g/mol. The molecule has 1 aliphatic carbocycles. The first kappa shape index (κ1) is 24.6. The lowest BCUT2D eigenvalue weighted by Crippen LogP contribution is -2.49. The third-order valence-corrected chi connectivity index (χ3v) is 7.44. The van der Waals surface area contributed by atoms with Crippen molar-refractivity contribution >= 4 is 29.3 Å². The summed E-state index contributed by atoms with van der Waals surface area (Å²) in [6.45, 7) is 7.67. The fraction of sp³-hybridized carbons (Fsp3) is 0.577. The van der Waals surface area contributed by atoms with Crippen LogP contribution in [0.25, 0.3) is 0 Å². The van der Waals surface area contributed by atoms with Gasteiger partial charge in [-0.05, 0) is 44.7 Å². The van der Waals surface area contributed by atoms with Gasteiger partial charge in [-0.1, -0.05) is 6.42 Å². The Bertz CT molecular complexity index is 1080. The van der Waals surface area contributed by atoms with Crippen LogP contribution in [-0.2, 0) is 4.74 Å². The number of hydrogen-bond donors (Lipinski definition) is 2. The Morgan fingerprint density at radius 2 is 1.97 bits per heavy atom. The van der Waals surface area contributed by atoms with E-state index < -0.39 is 0 Å². The number of pyridine rings is 1. The minimum absolute atomic E-state index is 0.212. The van der Waals surface area contributed by atoms with Gasteiger partial charge in [-0.25, -0.2) is 9.97 Å². The maximum Gasteiger partial charge on any atom is 0.318 e. The number of carbonyl (C=O) groups is 1. The van der Waals surface area contributed by atoms with Crippen molar-refractivity contribution in [3.05, 3.63) is 29.6 Å². The van der Waals surface area contributed by atoms with E-state index in [0.717, 1.165) is 89.0 Å². The average Bonchev–Trinajstić information content (AvgIpc) is 2.88. The van der Waals surface area contributed by atoms with E-state index in [1.165, 1.54) is 0 Å². The van der Waals surface area contributed by atoms with Gasteiger partial charge >= 0.3 is 6.01 Å². The molecule has 10 nitrogen and oxygen atoms in total. The highest BCUT2D eigenvalue weighted by Crippen LogP contribution is 2.38. The summed E-state index contributed by atoms with van der Waals surface area (Å²) in [4.78, 5) is 29.9. The molecule has 3 aliphatic rings. The van der Waals surface area contributed by atoms with Crippen LogP contribution in [0.5, 0.6) is 6.01 Å². The van der Waals surface area contributed by atoms with Crippen LogP contribution in [0.2, 0.25) is 0 Å². The van der Waals surface area contributed by atoms with Gasteiger partial charge in [0, 0.05) is 50.0 Å². The second kappa shape index (κ2) is 11.3. The minimum atomic E-state index is 0.212. The molecular formula is C26H35N7O3. The lowest BCUT2D eigenvalue weighted by Gasteiger charge is -2.41. The van der Waals surface area contributed by atoms with Crippen LogP contribution in [0.1, 0.15) is 55.1 Å². The molecule has 2 N–H and O–H groups in total.